The lowest BCUT2D eigenvalue weighted by molar-refractivity contribution is 0.0940. The SMILES string of the molecule is CC(Cc1c[nH]c2ccccc12)NC(=O)c1ccc(N([O-])O)cc1. The van der Waals surface area contributed by atoms with Crippen LogP contribution in [-0.4, -0.2) is 22.1 Å². The first-order valence-corrected chi connectivity index (χ1v) is 7.66. The predicted octanol–water partition coefficient (Wildman–Crippen LogP) is 3.22. The fraction of sp³-hybridized carbons (Fsp3) is 0.167. The van der Waals surface area contributed by atoms with Gasteiger partial charge in [-0.1, -0.05) is 18.2 Å². The number of hydrogen-bond acceptors (Lipinski definition) is 4. The zero-order valence-corrected chi connectivity index (χ0v) is 13.2. The first kappa shape index (κ1) is 16.0. The zero-order valence-electron chi connectivity index (χ0n) is 13.2. The van der Waals surface area contributed by atoms with Crippen molar-refractivity contribution in [2.45, 2.75) is 19.4 Å². The van der Waals surface area contributed by atoms with Gasteiger partial charge in [-0.3, -0.25) is 10.0 Å². The molecular formula is C18H18N3O3-. The van der Waals surface area contributed by atoms with E-state index in [9.17, 15) is 10.0 Å². The predicted molar refractivity (Wildman–Crippen MR) is 93.0 cm³/mol. The van der Waals surface area contributed by atoms with E-state index in [0.717, 1.165) is 16.5 Å². The number of carbonyl (C=O) groups excluding carboxylic acids is 1. The second kappa shape index (κ2) is 6.74. The van der Waals surface area contributed by atoms with E-state index in [2.05, 4.69) is 16.4 Å². The van der Waals surface area contributed by atoms with Crippen molar-refractivity contribution >= 4 is 22.5 Å². The van der Waals surface area contributed by atoms with E-state index in [1.165, 1.54) is 24.3 Å². The molecule has 6 nitrogen and oxygen atoms in total. The molecule has 24 heavy (non-hydrogen) atoms. The van der Waals surface area contributed by atoms with E-state index in [1.807, 2.05) is 31.3 Å². The number of rotatable bonds is 5. The number of fused-ring (bicyclic) bond motifs is 1. The van der Waals surface area contributed by atoms with Crippen LogP contribution in [0.5, 0.6) is 0 Å². The molecule has 6 heteroatoms. The van der Waals surface area contributed by atoms with Crippen LogP contribution in [0.2, 0.25) is 0 Å². The fourth-order valence-corrected chi connectivity index (χ4v) is 2.73. The zero-order chi connectivity index (χ0) is 17.1. The van der Waals surface area contributed by atoms with E-state index in [0.29, 0.717) is 12.0 Å². The number of amides is 1. The van der Waals surface area contributed by atoms with Gasteiger partial charge >= 0.3 is 0 Å². The van der Waals surface area contributed by atoms with E-state index >= 15 is 0 Å². The van der Waals surface area contributed by atoms with Crippen LogP contribution in [-0.2, 0) is 6.42 Å². The molecule has 0 saturated carbocycles. The molecular weight excluding hydrogens is 306 g/mol. The molecule has 2 aromatic carbocycles. The highest BCUT2D eigenvalue weighted by atomic mass is 16.8. The normalized spacial score (nSPS) is 12.1. The monoisotopic (exact) mass is 324 g/mol. The number of benzene rings is 2. The number of H-pyrrole nitrogens is 1. The van der Waals surface area contributed by atoms with Gasteiger partial charge in [0.1, 0.15) is 0 Å². The van der Waals surface area contributed by atoms with Crippen molar-refractivity contribution in [3.8, 4) is 0 Å². The molecule has 1 atom stereocenters. The van der Waals surface area contributed by atoms with Gasteiger partial charge in [-0.2, -0.15) is 0 Å². The number of para-hydroxylation sites is 1. The van der Waals surface area contributed by atoms with Crippen molar-refractivity contribution in [1.82, 2.24) is 10.3 Å². The van der Waals surface area contributed by atoms with Crippen molar-refractivity contribution in [3.05, 3.63) is 71.1 Å². The lowest BCUT2D eigenvalue weighted by atomic mass is 10.1. The van der Waals surface area contributed by atoms with Crippen LogP contribution in [0, 0.1) is 5.21 Å². The van der Waals surface area contributed by atoms with Gasteiger partial charge in [-0.05, 0) is 49.2 Å². The number of carbonyl (C=O) groups is 1. The highest BCUT2D eigenvalue weighted by Crippen LogP contribution is 2.19. The molecule has 0 bridgehead atoms. The van der Waals surface area contributed by atoms with Gasteiger partial charge in [0.2, 0.25) is 0 Å². The minimum Gasteiger partial charge on any atom is -0.733 e. The van der Waals surface area contributed by atoms with Crippen LogP contribution in [0.4, 0.5) is 5.69 Å². The third-order valence-corrected chi connectivity index (χ3v) is 3.93. The number of aromatic amines is 1. The number of aromatic nitrogens is 1. The van der Waals surface area contributed by atoms with Crippen LogP contribution in [0.15, 0.2) is 54.7 Å². The van der Waals surface area contributed by atoms with E-state index in [4.69, 9.17) is 5.21 Å². The molecule has 1 amide bonds. The fourth-order valence-electron chi connectivity index (χ4n) is 2.73. The van der Waals surface area contributed by atoms with Gasteiger partial charge in [0.25, 0.3) is 5.91 Å². The van der Waals surface area contributed by atoms with Crippen LogP contribution >= 0.6 is 0 Å². The average molecular weight is 324 g/mol. The smallest absolute Gasteiger partial charge is 0.251 e. The summed E-state index contributed by atoms with van der Waals surface area (Å²) < 4.78 is 0. The Hall–Kier alpha value is -2.83. The molecule has 1 unspecified atom stereocenters. The summed E-state index contributed by atoms with van der Waals surface area (Å²) >= 11 is 0. The molecule has 0 saturated heterocycles. The van der Waals surface area contributed by atoms with Crippen LogP contribution in [0.25, 0.3) is 10.9 Å². The minimum atomic E-state index is -0.235. The largest absolute Gasteiger partial charge is 0.733 e. The highest BCUT2D eigenvalue weighted by Gasteiger charge is 2.12. The summed E-state index contributed by atoms with van der Waals surface area (Å²) in [5, 5.41) is 23.4. The van der Waals surface area contributed by atoms with Crippen LogP contribution < -0.4 is 10.5 Å². The lowest BCUT2D eigenvalue weighted by Gasteiger charge is -2.21. The highest BCUT2D eigenvalue weighted by molar-refractivity contribution is 5.94. The average Bonchev–Trinajstić information content (AvgIpc) is 2.98. The minimum absolute atomic E-state index is 0.0507. The topological polar surface area (TPSA) is 91.4 Å². The Morgan fingerprint density at radius 1 is 1.25 bits per heavy atom. The second-order valence-electron chi connectivity index (χ2n) is 5.76. The maximum absolute atomic E-state index is 12.3. The Kier molecular flexibility index (Phi) is 4.50. The van der Waals surface area contributed by atoms with Gasteiger partial charge < -0.3 is 20.7 Å². The summed E-state index contributed by atoms with van der Waals surface area (Å²) in [6, 6.07) is 13.8. The molecule has 0 spiro atoms. The summed E-state index contributed by atoms with van der Waals surface area (Å²) in [5.41, 5.74) is 2.74. The Balaban J connectivity index is 1.65. The van der Waals surface area contributed by atoms with Crippen molar-refractivity contribution in [2.75, 3.05) is 5.23 Å². The number of hydrogen-bond donors (Lipinski definition) is 3. The molecule has 1 heterocycles. The van der Waals surface area contributed by atoms with Crippen molar-refractivity contribution in [2.24, 2.45) is 0 Å². The van der Waals surface area contributed by atoms with Gasteiger partial charge in [-0.25, -0.2) is 0 Å². The maximum atomic E-state index is 12.3. The first-order valence-electron chi connectivity index (χ1n) is 7.66. The summed E-state index contributed by atoms with van der Waals surface area (Å²) in [6.07, 6.45) is 2.67. The lowest BCUT2D eigenvalue weighted by Crippen LogP contribution is -2.34. The molecule has 0 aliphatic heterocycles. The van der Waals surface area contributed by atoms with Crippen molar-refractivity contribution in [3.63, 3.8) is 0 Å². The number of nitrogens with one attached hydrogen (secondary N) is 2. The van der Waals surface area contributed by atoms with Crippen molar-refractivity contribution < 1.29 is 10.0 Å². The maximum Gasteiger partial charge on any atom is 0.251 e. The standard InChI is InChI=1S/C18H18N3O3/c1-12(10-14-11-19-17-5-3-2-4-16(14)17)20-18(22)13-6-8-15(9-7-13)21(23)24/h2-9,11-12,19,23H,10H2,1H3,(H,20,22)/q-1. The summed E-state index contributed by atoms with van der Waals surface area (Å²) in [6.45, 7) is 1.95. The summed E-state index contributed by atoms with van der Waals surface area (Å²) in [5.74, 6) is -0.218. The number of nitrogens with zero attached hydrogens (tertiary/aromatic N) is 1. The third-order valence-electron chi connectivity index (χ3n) is 3.93. The van der Waals surface area contributed by atoms with Gasteiger partial charge in [0, 0.05) is 28.7 Å². The number of anilines is 1. The quantitative estimate of drug-likeness (QED) is 0.628. The Morgan fingerprint density at radius 2 is 1.96 bits per heavy atom. The van der Waals surface area contributed by atoms with E-state index in [-0.39, 0.29) is 22.9 Å². The Morgan fingerprint density at radius 3 is 2.67 bits per heavy atom. The third kappa shape index (κ3) is 3.40. The summed E-state index contributed by atoms with van der Waals surface area (Å²) in [4.78, 5) is 15.5. The van der Waals surface area contributed by atoms with Crippen LogP contribution in [0.3, 0.4) is 0 Å². The van der Waals surface area contributed by atoms with Crippen molar-refractivity contribution in [1.29, 1.82) is 0 Å². The molecule has 0 radical (unpaired) electrons. The Labute approximate surface area is 139 Å². The molecule has 0 aliphatic carbocycles. The Bertz CT molecular complexity index is 840. The molecule has 1 aromatic heterocycles. The molecule has 0 fully saturated rings. The van der Waals surface area contributed by atoms with E-state index in [1.54, 1.807) is 0 Å². The molecule has 3 rings (SSSR count). The molecule has 124 valence electrons. The van der Waals surface area contributed by atoms with Crippen LogP contribution in [0.1, 0.15) is 22.8 Å². The molecule has 0 aliphatic rings. The van der Waals surface area contributed by atoms with Gasteiger partial charge in [0.15, 0.2) is 0 Å². The first-order chi connectivity index (χ1) is 11.5. The molecule has 3 aromatic rings. The molecule has 3 N–H and O–H groups in total. The van der Waals surface area contributed by atoms with E-state index < -0.39 is 0 Å². The van der Waals surface area contributed by atoms with Gasteiger partial charge in [0.05, 0.1) is 5.69 Å². The second-order valence-corrected chi connectivity index (χ2v) is 5.76. The van der Waals surface area contributed by atoms with Gasteiger partial charge in [-0.15, -0.1) is 0 Å². The summed E-state index contributed by atoms with van der Waals surface area (Å²) in [7, 11) is 0.